The molecule has 3 aliphatic rings. The average Bonchev–Trinajstić information content (AvgIpc) is 1.58. The summed E-state index contributed by atoms with van der Waals surface area (Å²) in [6.07, 6.45) is 2.40. The number of nitrogens with zero attached hydrogens (tertiary/aromatic N) is 2. The molecule has 88 heavy (non-hydrogen) atoms. The Morgan fingerprint density at radius 2 is 1.70 bits per heavy atom. The van der Waals surface area contributed by atoms with Crippen molar-refractivity contribution in [2.45, 2.75) is 167 Å². The van der Waals surface area contributed by atoms with E-state index in [4.69, 9.17) is 45.8 Å². The van der Waals surface area contributed by atoms with Crippen LogP contribution in [-0.2, 0) is 65.3 Å². The molecule has 22 nitrogen and oxygen atoms in total. The molecule has 486 valence electrons. The number of halogens is 3. The van der Waals surface area contributed by atoms with Crippen LogP contribution < -0.4 is 31.3 Å². The largest absolute Gasteiger partial charge is 0.496 e. The molecule has 0 radical (unpaired) electrons. The molecule has 25 heteroatoms. The Labute approximate surface area is 537 Å². The van der Waals surface area contributed by atoms with Gasteiger partial charge in [-0.1, -0.05) is 100 Å². The number of aliphatic hydroxyl groups is 1. The number of unbranched alkanes of at least 4 members (excludes halogenated alkanes) is 2. The zero-order chi connectivity index (χ0) is 65.4. The Kier molecular flexibility index (Phi) is 27.5. The number of urea groups is 1. The van der Waals surface area contributed by atoms with Gasteiger partial charge in [0.05, 0.1) is 54.5 Å². The van der Waals surface area contributed by atoms with Gasteiger partial charge < -0.3 is 59.7 Å². The van der Waals surface area contributed by atoms with Crippen LogP contribution in [-0.4, -0.2) is 163 Å². The van der Waals surface area contributed by atoms with Gasteiger partial charge in [-0.2, -0.15) is 0 Å². The number of alkyl carbamates (subject to hydrolysis) is 1. The molecule has 0 spiro atoms. The minimum absolute atomic E-state index is 0.0303. The Morgan fingerprint density at radius 3 is 2.35 bits per heavy atom. The highest BCUT2D eigenvalue weighted by atomic mass is 79.9. The molecule has 3 heterocycles. The number of fused-ring (bicyclic) bond motifs is 5. The van der Waals surface area contributed by atoms with Gasteiger partial charge in [0.1, 0.15) is 41.5 Å². The number of nitrogens with one attached hydrogen (secondary N) is 3. The number of rotatable bonds is 27. The van der Waals surface area contributed by atoms with Crippen LogP contribution in [0.15, 0.2) is 54.1 Å². The minimum Gasteiger partial charge on any atom is -0.496 e. The second-order valence-electron chi connectivity index (χ2n) is 23.7. The van der Waals surface area contributed by atoms with Gasteiger partial charge >= 0.3 is 24.1 Å². The van der Waals surface area contributed by atoms with Crippen LogP contribution in [0.1, 0.15) is 126 Å². The number of nitrogens with two attached hydrogens (primary N) is 1. The number of benzene rings is 2. The monoisotopic (exact) mass is 1380 g/mol. The third kappa shape index (κ3) is 19.5. The molecule has 4 bridgehead atoms. The topological polar surface area (TPSA) is 301 Å². The maximum absolute atomic E-state index is 14.5. The Balaban J connectivity index is 1.32. The van der Waals surface area contributed by atoms with E-state index >= 15 is 0 Å². The van der Waals surface area contributed by atoms with Crippen molar-refractivity contribution < 1.29 is 76.7 Å². The normalized spacial score (nSPS) is 24.0. The lowest BCUT2D eigenvalue weighted by Gasteiger charge is -2.42. The number of amides is 6. The molecule has 10 atom stereocenters. The number of methoxy groups -OCH3 is 2. The molecule has 2 fully saturated rings. The van der Waals surface area contributed by atoms with Crippen LogP contribution in [0.5, 0.6) is 5.75 Å². The summed E-state index contributed by atoms with van der Waals surface area (Å²) < 4.78 is 35.1. The van der Waals surface area contributed by atoms with E-state index in [2.05, 4.69) is 47.8 Å². The first kappa shape index (κ1) is 72.8. The number of alkyl halides is 2. The number of epoxide rings is 1. The first-order valence-electron chi connectivity index (χ1n) is 29.6. The summed E-state index contributed by atoms with van der Waals surface area (Å²) in [4.78, 5) is 124. The second-order valence-corrected chi connectivity index (χ2v) is 25.4. The molecule has 6 amide bonds. The zero-order valence-electron chi connectivity index (χ0n) is 52.2. The lowest BCUT2D eigenvalue weighted by Crippen LogP contribution is -2.63. The third-order valence-electron chi connectivity index (χ3n) is 16.6. The molecule has 0 saturated carbocycles. The van der Waals surface area contributed by atoms with Crippen LogP contribution in [0, 0.1) is 30.6 Å². The molecule has 3 aliphatic heterocycles. The first-order chi connectivity index (χ1) is 41.5. The highest BCUT2D eigenvalue weighted by Gasteiger charge is 2.64. The number of likely N-dealkylation sites (N-methyl/N-ethyl adjacent to an activating group) is 1. The predicted molar refractivity (Wildman–Crippen MR) is 337 cm³/mol. The molecule has 0 aromatic heterocycles. The molecular formula is C63H87Br2ClN6O16. The fraction of sp³-hybridized carbons (Fsp3) is 0.603. The summed E-state index contributed by atoms with van der Waals surface area (Å²) in [5.41, 5.74) is 5.40. The van der Waals surface area contributed by atoms with Crippen molar-refractivity contribution in [2.24, 2.45) is 29.4 Å². The quantitative estimate of drug-likeness (QED) is 0.0186. The number of anilines is 1. The third-order valence-corrected chi connectivity index (χ3v) is 18.7. The van der Waals surface area contributed by atoms with E-state index < -0.39 is 108 Å². The van der Waals surface area contributed by atoms with Gasteiger partial charge in [0.2, 0.25) is 11.8 Å². The first-order valence-corrected chi connectivity index (χ1v) is 32.3. The van der Waals surface area contributed by atoms with Crippen molar-refractivity contribution in [3.63, 3.8) is 0 Å². The van der Waals surface area contributed by atoms with Gasteiger partial charge in [0.25, 0.3) is 5.91 Å². The highest BCUT2D eigenvalue weighted by molar-refractivity contribution is 9.09. The Bertz CT molecular complexity index is 2920. The van der Waals surface area contributed by atoms with Crippen molar-refractivity contribution in [2.75, 3.05) is 57.0 Å². The Morgan fingerprint density at radius 1 is 1.00 bits per heavy atom. The molecule has 2 aromatic carbocycles. The van der Waals surface area contributed by atoms with Crippen molar-refractivity contribution in [1.82, 2.24) is 20.9 Å². The van der Waals surface area contributed by atoms with Gasteiger partial charge in [0.15, 0.2) is 11.5 Å². The van der Waals surface area contributed by atoms with Crippen molar-refractivity contribution in [1.29, 1.82) is 0 Å². The number of hydrogen-bond donors (Lipinski definition) is 5. The van der Waals surface area contributed by atoms with Gasteiger partial charge in [-0.3, -0.25) is 34.1 Å². The molecule has 2 saturated heterocycles. The van der Waals surface area contributed by atoms with Crippen LogP contribution in [0.3, 0.4) is 0 Å². The second kappa shape index (κ2) is 33.2. The fourth-order valence-corrected chi connectivity index (χ4v) is 12.7. The molecule has 0 unspecified atom stereocenters. The molecule has 6 N–H and O–H groups in total. The number of ether oxygens (including phenoxy) is 6. The van der Waals surface area contributed by atoms with Gasteiger partial charge in [-0.05, 0) is 107 Å². The number of carbonyl (C=O) groups excluding carboxylic acids is 9. The summed E-state index contributed by atoms with van der Waals surface area (Å²) in [5.74, 6) is -5.21. The number of allylic oxidation sites excluding steroid dienone is 3. The lowest BCUT2D eigenvalue weighted by molar-refractivity contribution is -0.158. The number of Topliss-reactive ketones (excluding diaryl/α,β-unsaturated/α-hetero) is 2. The maximum Gasteiger partial charge on any atom is 0.409 e. The predicted octanol–water partition coefficient (Wildman–Crippen LogP) is 7.92. The van der Waals surface area contributed by atoms with Crippen LogP contribution >= 0.6 is 43.5 Å². The van der Waals surface area contributed by atoms with E-state index in [0.717, 1.165) is 21.6 Å². The van der Waals surface area contributed by atoms with Crippen LogP contribution in [0.2, 0.25) is 5.02 Å². The van der Waals surface area contributed by atoms with Crippen molar-refractivity contribution in [3.05, 3.63) is 81.4 Å². The molecular weight excluding hydrogens is 1290 g/mol. The average molecular weight is 1380 g/mol. The summed E-state index contributed by atoms with van der Waals surface area (Å²) in [5, 5.41) is 21.1. The summed E-state index contributed by atoms with van der Waals surface area (Å²) in [6.45, 7) is 12.6. The molecule has 0 aliphatic carbocycles. The summed E-state index contributed by atoms with van der Waals surface area (Å²) in [6, 6.07) is 5.17. The number of hydrogen-bond acceptors (Lipinski definition) is 16. The van der Waals surface area contributed by atoms with Gasteiger partial charge in [-0.15, -0.1) is 0 Å². The van der Waals surface area contributed by atoms with Gasteiger partial charge in [0, 0.05) is 75.9 Å². The molecule has 2 aromatic rings. The van der Waals surface area contributed by atoms with Crippen LogP contribution in [0.25, 0.3) is 0 Å². The smallest absolute Gasteiger partial charge is 0.409 e. The van der Waals surface area contributed by atoms with E-state index in [-0.39, 0.29) is 86.6 Å². The number of aryl methyl sites for hydroxylation is 1. The maximum atomic E-state index is 14.5. The van der Waals surface area contributed by atoms with E-state index in [1.807, 2.05) is 45.9 Å². The van der Waals surface area contributed by atoms with Crippen molar-refractivity contribution >= 4 is 102 Å². The van der Waals surface area contributed by atoms with E-state index in [1.54, 1.807) is 39.1 Å². The van der Waals surface area contributed by atoms with E-state index in [1.165, 1.54) is 45.2 Å². The SMILES string of the molecule is COc1cc(CC(=O)[C@H](CCCNC(N)=O)NC(=O)[C@@H](CC(=O)CCCCCOC(=O)C(CBr)CBr)C(C)C)ccc1C(=O)N(C)[C@@H](C)C(=O)O[C@H]1CC(=O)N(C)c2cc(cc(C)c2Cl)C/C(C)=C/C=C/[C@@H](OC)[C@@]2(O)C[C@H](OC(=O)N2)[C@@H](C)[C@@H]2O[C@@]12C. The lowest BCUT2D eigenvalue weighted by atomic mass is 9.83. The van der Waals surface area contributed by atoms with E-state index in [9.17, 15) is 48.3 Å². The van der Waals surface area contributed by atoms with Gasteiger partial charge in [-0.25, -0.2) is 14.4 Å². The number of esters is 2. The fourth-order valence-electron chi connectivity index (χ4n) is 10.9. The van der Waals surface area contributed by atoms with Crippen LogP contribution in [0.4, 0.5) is 15.3 Å². The Hall–Kier alpha value is -5.92. The zero-order valence-corrected chi connectivity index (χ0v) is 56.1. The van der Waals surface area contributed by atoms with E-state index in [0.29, 0.717) is 52.6 Å². The standard InChI is InChI=1S/C63H87Br2ClN6O16/c1-35(2)45(30-43(73)18-13-12-14-24-85-59(79)42(33-64)34-65)56(76)69-46(19-16-23-68-60(67)80)48(74)28-40-21-22-44(49(29-40)83-10)57(77)71(8)39(6)58(78)87-52-31-53(75)72(9)47-27-41(26-37(4)54(47)66)25-36(3)17-15-20-51(84-11)63(82)32-50(86-61(81)70-63)38(5)55-62(52,7)88-55/h15,17,20-22,26-27,29,35,38-39,42,45-46,50-52,55,82H,12-14,16,18-19,23-25,28,30-34H2,1-11H3,(H,69,76)(H,70,81)(H3,67,68,80)/b20-15+,36-17+/t38-,39+,45+,46+,50+,51-,52+,55+,62+,63+/m1/s1. The number of carbonyl (C=O) groups is 9. The number of ketones is 2. The summed E-state index contributed by atoms with van der Waals surface area (Å²) >= 11 is 13.5. The molecule has 5 rings (SSSR count). The van der Waals surface area contributed by atoms with Crippen molar-refractivity contribution in [3.8, 4) is 5.75 Å². The highest BCUT2D eigenvalue weighted by Crippen LogP contribution is 2.49. The number of primary amides is 1. The minimum atomic E-state index is -1.90. The summed E-state index contributed by atoms with van der Waals surface area (Å²) in [7, 11) is 5.72.